The van der Waals surface area contributed by atoms with E-state index in [4.69, 9.17) is 18.6 Å². The van der Waals surface area contributed by atoms with Crippen molar-refractivity contribution >= 4 is 22.6 Å². The molecule has 0 radical (unpaired) electrons. The van der Waals surface area contributed by atoms with E-state index in [-0.39, 0.29) is 5.41 Å². The van der Waals surface area contributed by atoms with Crippen molar-refractivity contribution < 1.29 is 33.4 Å². The number of pyridine rings is 1. The Labute approximate surface area is 208 Å². The number of hydrogen-bond acceptors (Lipinski definition) is 4. The van der Waals surface area contributed by atoms with Gasteiger partial charge >= 0.3 is 0 Å². The van der Waals surface area contributed by atoms with Crippen molar-refractivity contribution in [3.05, 3.63) is 106 Å². The van der Waals surface area contributed by atoms with Gasteiger partial charge in [0.1, 0.15) is 0 Å². The fraction of sp³-hybridized carbons (Fsp3) is 0.115. The van der Waals surface area contributed by atoms with Crippen molar-refractivity contribution in [1.29, 1.82) is 0 Å². The van der Waals surface area contributed by atoms with Gasteiger partial charge in [0.05, 0.1) is 5.41 Å². The van der Waals surface area contributed by atoms with Crippen molar-refractivity contribution in [3.8, 4) is 28.1 Å². The molecule has 0 spiro atoms. The van der Waals surface area contributed by atoms with Crippen LogP contribution in [-0.4, -0.2) is 0 Å². The number of aromatic nitrogens is 1. The maximum absolute atomic E-state index is 8.49. The Hall–Kier alpha value is -2.33. The predicted molar refractivity (Wildman–Crippen MR) is 124 cm³/mol. The molecule has 0 unspecified atom stereocenters. The molecule has 5 rings (SSSR count). The van der Waals surface area contributed by atoms with Gasteiger partial charge in [0.2, 0.25) is 11.4 Å². The maximum Gasteiger partial charge on any atom is 0.219 e. The Balaban J connectivity index is 0.000000471. The zero-order valence-corrected chi connectivity index (χ0v) is 20.9. The molecule has 0 atom stereocenters. The summed E-state index contributed by atoms with van der Waals surface area (Å²) < 4.78 is 37.7. The molecule has 0 N–H and O–H groups in total. The van der Waals surface area contributed by atoms with Crippen LogP contribution in [0.5, 0.6) is 0 Å². The largest absolute Gasteiger partial charge is 0.222 e. The van der Waals surface area contributed by atoms with Crippen LogP contribution in [0, 0.1) is 13.8 Å². The SMILES string of the molecule is CC1(C)c2cc(I)ccc2-[n+]2c(-c3ccccc3)cc(-c3ccccc3)cc21.[O-][Cl+3]([O-])([O-])[O-]. The molecule has 5 nitrogen and oxygen atoms in total. The van der Waals surface area contributed by atoms with Crippen LogP contribution in [0.2, 0.25) is 0 Å². The summed E-state index contributed by atoms with van der Waals surface area (Å²) in [7, 11) is -4.94. The van der Waals surface area contributed by atoms with E-state index in [9.17, 15) is 0 Å². The van der Waals surface area contributed by atoms with Crippen molar-refractivity contribution in [2.24, 2.45) is 0 Å². The molecule has 1 aliphatic rings. The normalized spacial score (nSPS) is 13.5. The van der Waals surface area contributed by atoms with E-state index in [2.05, 4.69) is 132 Å². The Bertz CT molecular complexity index is 1280. The number of benzene rings is 3. The lowest BCUT2D eigenvalue weighted by atomic mass is 9.82. The van der Waals surface area contributed by atoms with Gasteiger partial charge in [0.25, 0.3) is 0 Å². The highest BCUT2D eigenvalue weighted by Gasteiger charge is 2.45. The van der Waals surface area contributed by atoms with Gasteiger partial charge in [0.15, 0.2) is 5.69 Å². The zero-order valence-electron chi connectivity index (χ0n) is 18.0. The summed E-state index contributed by atoms with van der Waals surface area (Å²) in [6.07, 6.45) is 0. The van der Waals surface area contributed by atoms with Gasteiger partial charge in [-0.3, -0.25) is 0 Å². The average molecular weight is 574 g/mol. The third kappa shape index (κ3) is 5.11. The summed E-state index contributed by atoms with van der Waals surface area (Å²) in [5.74, 6) is 0. The number of nitrogens with zero attached hydrogens (tertiary/aromatic N) is 1. The molecular formula is C26H21ClINO4. The van der Waals surface area contributed by atoms with E-state index in [1.165, 1.54) is 42.9 Å². The Morgan fingerprint density at radius 1 is 0.697 bits per heavy atom. The third-order valence-electron chi connectivity index (χ3n) is 5.76. The van der Waals surface area contributed by atoms with Crippen LogP contribution in [-0.2, 0) is 5.41 Å². The molecule has 0 bridgehead atoms. The van der Waals surface area contributed by atoms with E-state index in [1.807, 2.05) is 0 Å². The quantitative estimate of drug-likeness (QED) is 0.270. The number of hydrogen-bond donors (Lipinski definition) is 0. The fourth-order valence-corrected chi connectivity index (χ4v) is 4.77. The second-order valence-electron chi connectivity index (χ2n) is 8.25. The van der Waals surface area contributed by atoms with Crippen LogP contribution >= 0.6 is 22.6 Å². The molecule has 0 amide bonds. The topological polar surface area (TPSA) is 96.1 Å². The number of halogens is 2. The molecule has 33 heavy (non-hydrogen) atoms. The highest BCUT2D eigenvalue weighted by atomic mass is 127. The standard InChI is InChI=1S/C26H21IN.ClHO4/c1-26(2)22-17-21(27)13-14-23(22)28-24(19-11-7-4-8-12-19)15-20(16-25(26)28)18-9-5-3-6-10-18;2-1(3,4)5/h3-17H,1-2H3;(H,2,3,4,5)/q+1;/p-1. The van der Waals surface area contributed by atoms with Crippen LogP contribution in [0.4, 0.5) is 0 Å². The smallest absolute Gasteiger partial charge is 0.219 e. The molecule has 7 heteroatoms. The summed E-state index contributed by atoms with van der Waals surface area (Å²) >= 11 is 2.42. The Morgan fingerprint density at radius 2 is 1.24 bits per heavy atom. The molecule has 3 aromatic carbocycles. The van der Waals surface area contributed by atoms with Crippen molar-refractivity contribution in [3.63, 3.8) is 0 Å². The van der Waals surface area contributed by atoms with Crippen molar-refractivity contribution in [2.45, 2.75) is 19.3 Å². The van der Waals surface area contributed by atoms with Gasteiger partial charge < -0.3 is 0 Å². The Kier molecular flexibility index (Phi) is 6.59. The lowest BCUT2D eigenvalue weighted by Crippen LogP contribution is -2.68. The second kappa shape index (κ2) is 9.13. The molecule has 0 saturated heterocycles. The lowest BCUT2D eigenvalue weighted by Gasteiger charge is -2.17. The molecule has 0 aliphatic carbocycles. The summed E-state index contributed by atoms with van der Waals surface area (Å²) in [5.41, 5.74) is 8.97. The van der Waals surface area contributed by atoms with Crippen LogP contribution < -0.4 is 23.2 Å². The van der Waals surface area contributed by atoms with Crippen LogP contribution in [0.3, 0.4) is 0 Å². The van der Waals surface area contributed by atoms with Gasteiger partial charge in [0, 0.05) is 32.9 Å². The van der Waals surface area contributed by atoms with Crippen molar-refractivity contribution in [1.82, 2.24) is 0 Å². The van der Waals surface area contributed by atoms with Gasteiger partial charge in [-0.15, -0.1) is 10.2 Å². The molecular weight excluding hydrogens is 553 g/mol. The van der Waals surface area contributed by atoms with Gasteiger partial charge in [-0.25, -0.2) is 18.6 Å². The first kappa shape index (κ1) is 23.8. The first-order chi connectivity index (χ1) is 15.6. The number of rotatable bonds is 2. The molecule has 168 valence electrons. The number of fused-ring (bicyclic) bond motifs is 3. The van der Waals surface area contributed by atoms with Gasteiger partial charge in [-0.05, 0) is 71.8 Å². The van der Waals surface area contributed by atoms with E-state index in [1.54, 1.807) is 0 Å². The highest BCUT2D eigenvalue weighted by Crippen LogP contribution is 2.41. The van der Waals surface area contributed by atoms with Crippen molar-refractivity contribution in [2.75, 3.05) is 0 Å². The molecule has 1 aromatic heterocycles. The Morgan fingerprint density at radius 3 is 1.82 bits per heavy atom. The summed E-state index contributed by atoms with van der Waals surface area (Å²) in [4.78, 5) is 0. The molecule has 2 heterocycles. The molecule has 0 fully saturated rings. The van der Waals surface area contributed by atoms with E-state index in [0.29, 0.717) is 0 Å². The monoisotopic (exact) mass is 573 g/mol. The first-order valence-corrected chi connectivity index (χ1v) is 12.5. The lowest BCUT2D eigenvalue weighted by molar-refractivity contribution is -2.00. The van der Waals surface area contributed by atoms with Crippen LogP contribution in [0.1, 0.15) is 25.1 Å². The summed E-state index contributed by atoms with van der Waals surface area (Å²) in [6.45, 7) is 4.68. The minimum absolute atomic E-state index is 0.0508. The highest BCUT2D eigenvalue weighted by molar-refractivity contribution is 14.1. The second-order valence-corrected chi connectivity index (χ2v) is 10.2. The molecule has 0 saturated carbocycles. The van der Waals surface area contributed by atoms with E-state index in [0.717, 1.165) is 0 Å². The fourth-order valence-electron chi connectivity index (χ4n) is 4.28. The van der Waals surface area contributed by atoms with E-state index < -0.39 is 10.2 Å². The average Bonchev–Trinajstić information content (AvgIpc) is 3.00. The maximum atomic E-state index is 8.49. The summed E-state index contributed by atoms with van der Waals surface area (Å²) in [6, 6.07) is 32.9. The first-order valence-electron chi connectivity index (χ1n) is 10.2. The minimum atomic E-state index is -4.94. The van der Waals surface area contributed by atoms with Gasteiger partial charge in [-0.2, -0.15) is 4.57 Å². The van der Waals surface area contributed by atoms with E-state index >= 15 is 0 Å². The van der Waals surface area contributed by atoms with Gasteiger partial charge in [-0.1, -0.05) is 48.5 Å². The van der Waals surface area contributed by atoms with Crippen LogP contribution in [0.25, 0.3) is 28.1 Å². The van der Waals surface area contributed by atoms with Crippen LogP contribution in [0.15, 0.2) is 91.0 Å². The molecule has 4 aromatic rings. The minimum Gasteiger partial charge on any atom is -0.222 e. The molecule has 1 aliphatic heterocycles. The predicted octanol–water partition coefficient (Wildman–Crippen LogP) is 1.79. The third-order valence-corrected chi connectivity index (χ3v) is 6.43. The zero-order chi connectivity index (χ0) is 23.8. The summed E-state index contributed by atoms with van der Waals surface area (Å²) in [5, 5.41) is 0.